The van der Waals surface area contributed by atoms with Gasteiger partial charge in [-0.2, -0.15) is 0 Å². The van der Waals surface area contributed by atoms with Crippen LogP contribution in [0.2, 0.25) is 0 Å². The Morgan fingerprint density at radius 1 is 1.45 bits per heavy atom. The lowest BCUT2D eigenvalue weighted by Gasteiger charge is -2.30. The molecule has 1 unspecified atom stereocenters. The van der Waals surface area contributed by atoms with Crippen molar-refractivity contribution in [1.29, 1.82) is 0 Å². The van der Waals surface area contributed by atoms with Crippen molar-refractivity contribution in [1.82, 2.24) is 5.32 Å². The van der Waals surface area contributed by atoms with Gasteiger partial charge < -0.3 is 11.1 Å². The Morgan fingerprint density at radius 2 is 2.10 bits per heavy atom. The van der Waals surface area contributed by atoms with Crippen molar-refractivity contribution in [3.05, 3.63) is 39.9 Å². The highest BCUT2D eigenvalue weighted by Gasteiger charge is 2.24. The van der Waals surface area contributed by atoms with Crippen LogP contribution in [0.15, 0.2) is 24.3 Å². The minimum atomic E-state index is -0.473. The largest absolute Gasteiger partial charge is 0.351 e. The number of nitrogens with two attached hydrogens (primary N) is 1. The van der Waals surface area contributed by atoms with Gasteiger partial charge in [0.1, 0.15) is 0 Å². The van der Waals surface area contributed by atoms with Gasteiger partial charge in [0, 0.05) is 24.7 Å². The number of nitro groups is 1. The molecule has 0 aliphatic heterocycles. The predicted octanol–water partition coefficient (Wildman–Crippen LogP) is 1.63. The maximum Gasteiger partial charge on any atom is 0.269 e. The summed E-state index contributed by atoms with van der Waals surface area (Å²) in [6.45, 7) is 6.35. The first-order chi connectivity index (χ1) is 9.24. The van der Waals surface area contributed by atoms with E-state index in [9.17, 15) is 14.9 Å². The number of hydrogen-bond donors (Lipinski definition) is 2. The summed E-state index contributed by atoms with van der Waals surface area (Å²) in [6.07, 6.45) is 0.105. The maximum absolute atomic E-state index is 12.0. The summed E-state index contributed by atoms with van der Waals surface area (Å²) in [7, 11) is 0. The molecule has 0 saturated carbocycles. The summed E-state index contributed by atoms with van der Waals surface area (Å²) >= 11 is 0. The Morgan fingerprint density at radius 3 is 2.60 bits per heavy atom. The molecule has 1 aromatic carbocycles. The van der Waals surface area contributed by atoms with Crippen molar-refractivity contribution in [2.24, 2.45) is 11.1 Å². The van der Waals surface area contributed by atoms with Crippen LogP contribution in [0.4, 0.5) is 5.69 Å². The summed E-state index contributed by atoms with van der Waals surface area (Å²) in [4.78, 5) is 22.2. The first kappa shape index (κ1) is 16.1. The van der Waals surface area contributed by atoms with Gasteiger partial charge in [0.2, 0.25) is 5.91 Å². The minimum Gasteiger partial charge on any atom is -0.351 e. The number of nitro benzene ring substituents is 1. The molecule has 0 aliphatic carbocycles. The normalized spacial score (nSPS) is 12.8. The molecule has 0 heterocycles. The molecular formula is C14H21N3O3. The molecule has 1 rings (SSSR count). The first-order valence-corrected chi connectivity index (χ1v) is 6.47. The molecule has 0 aromatic heterocycles. The molecular weight excluding hydrogens is 258 g/mol. The highest BCUT2D eigenvalue weighted by molar-refractivity contribution is 5.79. The van der Waals surface area contributed by atoms with Crippen LogP contribution in [0.25, 0.3) is 0 Å². The molecule has 6 nitrogen and oxygen atoms in total. The van der Waals surface area contributed by atoms with Gasteiger partial charge >= 0.3 is 0 Å². The van der Waals surface area contributed by atoms with E-state index >= 15 is 0 Å². The van der Waals surface area contributed by atoms with Crippen LogP contribution in [0, 0.1) is 15.5 Å². The van der Waals surface area contributed by atoms with Gasteiger partial charge in [-0.3, -0.25) is 14.9 Å². The quantitative estimate of drug-likeness (QED) is 0.632. The van der Waals surface area contributed by atoms with Crippen LogP contribution in [-0.2, 0) is 11.2 Å². The van der Waals surface area contributed by atoms with Crippen LogP contribution in [0.3, 0.4) is 0 Å². The van der Waals surface area contributed by atoms with Crippen molar-refractivity contribution < 1.29 is 9.72 Å². The van der Waals surface area contributed by atoms with Crippen molar-refractivity contribution >= 4 is 11.6 Å². The van der Waals surface area contributed by atoms with Gasteiger partial charge in [-0.05, 0) is 11.0 Å². The lowest BCUT2D eigenvalue weighted by atomic mass is 9.86. The smallest absolute Gasteiger partial charge is 0.269 e. The molecule has 0 bridgehead atoms. The molecule has 1 aromatic rings. The zero-order valence-electron chi connectivity index (χ0n) is 12.1. The third kappa shape index (κ3) is 4.62. The number of carbonyl (C=O) groups is 1. The number of nitrogens with one attached hydrogen (secondary N) is 1. The highest BCUT2D eigenvalue weighted by Crippen LogP contribution is 2.19. The van der Waals surface area contributed by atoms with E-state index < -0.39 is 4.92 Å². The fraction of sp³-hybridized carbons (Fsp3) is 0.500. The number of rotatable bonds is 5. The number of carbonyl (C=O) groups excluding carboxylic acids is 1. The van der Waals surface area contributed by atoms with Crippen LogP contribution in [-0.4, -0.2) is 23.4 Å². The zero-order valence-corrected chi connectivity index (χ0v) is 12.1. The Labute approximate surface area is 118 Å². The number of benzene rings is 1. The molecule has 20 heavy (non-hydrogen) atoms. The molecule has 0 spiro atoms. The second-order valence-corrected chi connectivity index (χ2v) is 5.83. The Balaban J connectivity index is 2.71. The van der Waals surface area contributed by atoms with Gasteiger partial charge in [-0.25, -0.2) is 0 Å². The summed E-state index contributed by atoms with van der Waals surface area (Å²) in [6, 6.07) is 5.95. The third-order valence-electron chi connectivity index (χ3n) is 3.10. The van der Waals surface area contributed by atoms with E-state index in [2.05, 4.69) is 5.32 Å². The Bertz CT molecular complexity index is 495. The lowest BCUT2D eigenvalue weighted by molar-refractivity contribution is -0.384. The zero-order chi connectivity index (χ0) is 15.3. The molecule has 1 amide bonds. The first-order valence-electron chi connectivity index (χ1n) is 6.47. The van der Waals surface area contributed by atoms with E-state index in [-0.39, 0.29) is 29.5 Å². The van der Waals surface area contributed by atoms with E-state index in [0.29, 0.717) is 12.1 Å². The average Bonchev–Trinajstić information content (AvgIpc) is 2.34. The highest BCUT2D eigenvalue weighted by atomic mass is 16.6. The molecule has 1 atom stereocenters. The summed E-state index contributed by atoms with van der Waals surface area (Å²) < 4.78 is 0. The minimum absolute atomic E-state index is 0.0125. The van der Waals surface area contributed by atoms with E-state index in [1.54, 1.807) is 12.1 Å². The van der Waals surface area contributed by atoms with Crippen molar-refractivity contribution in [2.45, 2.75) is 33.2 Å². The van der Waals surface area contributed by atoms with E-state index in [0.717, 1.165) is 0 Å². The topological polar surface area (TPSA) is 98.3 Å². The molecule has 0 fully saturated rings. The molecule has 3 N–H and O–H groups in total. The van der Waals surface area contributed by atoms with Crippen molar-refractivity contribution in [3.8, 4) is 0 Å². The third-order valence-corrected chi connectivity index (χ3v) is 3.10. The number of non-ortho nitro benzene ring substituents is 1. The maximum atomic E-state index is 12.0. The second kappa shape index (κ2) is 6.47. The standard InChI is InChI=1S/C14H21N3O3/c1-14(2,3)12(9-15)16-13(18)8-10-5-4-6-11(7-10)17(19)20/h4-7,12H,8-9,15H2,1-3H3,(H,16,18). The van der Waals surface area contributed by atoms with E-state index in [1.165, 1.54) is 12.1 Å². The number of amides is 1. The van der Waals surface area contributed by atoms with Gasteiger partial charge in [0.05, 0.1) is 11.3 Å². The lowest BCUT2D eigenvalue weighted by Crippen LogP contribution is -2.48. The Kier molecular flexibility index (Phi) is 5.21. The molecule has 0 saturated heterocycles. The molecule has 110 valence electrons. The van der Waals surface area contributed by atoms with Crippen LogP contribution in [0.5, 0.6) is 0 Å². The summed E-state index contributed by atoms with van der Waals surface area (Å²) in [5, 5.41) is 13.6. The van der Waals surface area contributed by atoms with Crippen LogP contribution in [0.1, 0.15) is 26.3 Å². The average molecular weight is 279 g/mol. The monoisotopic (exact) mass is 279 g/mol. The summed E-state index contributed by atoms with van der Waals surface area (Å²) in [5.41, 5.74) is 6.13. The summed E-state index contributed by atoms with van der Waals surface area (Å²) in [5.74, 6) is -0.184. The van der Waals surface area contributed by atoms with Crippen molar-refractivity contribution in [3.63, 3.8) is 0 Å². The van der Waals surface area contributed by atoms with Gasteiger partial charge in [-0.1, -0.05) is 32.9 Å². The fourth-order valence-electron chi connectivity index (χ4n) is 1.84. The van der Waals surface area contributed by atoms with Crippen LogP contribution >= 0.6 is 0 Å². The van der Waals surface area contributed by atoms with Crippen molar-refractivity contribution in [2.75, 3.05) is 6.54 Å². The predicted molar refractivity (Wildman–Crippen MR) is 77.2 cm³/mol. The second-order valence-electron chi connectivity index (χ2n) is 5.83. The van der Waals surface area contributed by atoms with E-state index in [1.807, 2.05) is 20.8 Å². The van der Waals surface area contributed by atoms with Gasteiger partial charge in [0.15, 0.2) is 0 Å². The van der Waals surface area contributed by atoms with E-state index in [4.69, 9.17) is 5.73 Å². The molecule has 0 aliphatic rings. The van der Waals surface area contributed by atoms with Gasteiger partial charge in [0.25, 0.3) is 5.69 Å². The molecule has 0 radical (unpaired) electrons. The number of hydrogen-bond acceptors (Lipinski definition) is 4. The SMILES string of the molecule is CC(C)(C)C(CN)NC(=O)Cc1cccc([N+](=O)[O-])c1. The molecule has 6 heteroatoms. The fourth-order valence-corrected chi connectivity index (χ4v) is 1.84. The number of nitrogens with zero attached hydrogens (tertiary/aromatic N) is 1. The Hall–Kier alpha value is -1.95. The van der Waals surface area contributed by atoms with Gasteiger partial charge in [-0.15, -0.1) is 0 Å². The van der Waals surface area contributed by atoms with Crippen LogP contribution < -0.4 is 11.1 Å².